The smallest absolute Gasteiger partial charge is 0.269 e. The van der Waals surface area contributed by atoms with E-state index in [0.29, 0.717) is 18.7 Å². The number of likely N-dealkylation sites (tertiary alicyclic amines) is 1. The van der Waals surface area contributed by atoms with E-state index < -0.39 is 16.4 Å². The highest BCUT2D eigenvalue weighted by atomic mass is 16.6. The largest absolute Gasteiger partial charge is 0.392 e. The van der Waals surface area contributed by atoms with Gasteiger partial charge in [-0.3, -0.25) is 19.7 Å². The van der Waals surface area contributed by atoms with Crippen LogP contribution in [0.5, 0.6) is 0 Å². The maximum absolute atomic E-state index is 14.6. The molecule has 9 heteroatoms. The molecule has 9 nitrogen and oxygen atoms in total. The predicted molar refractivity (Wildman–Crippen MR) is 168 cm³/mol. The zero-order valence-electron chi connectivity index (χ0n) is 26.3. The van der Waals surface area contributed by atoms with Crippen LogP contribution in [-0.4, -0.2) is 65.4 Å². The lowest BCUT2D eigenvalue weighted by atomic mass is 9.49. The summed E-state index contributed by atoms with van der Waals surface area (Å²) in [6.45, 7) is 3.79. The van der Waals surface area contributed by atoms with Gasteiger partial charge in [-0.25, -0.2) is 0 Å². The first kappa shape index (κ1) is 30.7. The van der Waals surface area contributed by atoms with Gasteiger partial charge in [0.05, 0.1) is 17.6 Å². The Morgan fingerprint density at radius 2 is 1.70 bits per heavy atom. The molecule has 0 radical (unpaired) electrons. The summed E-state index contributed by atoms with van der Waals surface area (Å²) in [6.07, 6.45) is 8.09. The lowest BCUT2D eigenvalue weighted by molar-refractivity contribution is -0.384. The van der Waals surface area contributed by atoms with E-state index in [1.807, 2.05) is 44.1 Å². The number of nitro benzene ring substituents is 1. The van der Waals surface area contributed by atoms with Crippen molar-refractivity contribution in [2.75, 3.05) is 33.7 Å². The van der Waals surface area contributed by atoms with Crippen molar-refractivity contribution in [2.45, 2.75) is 76.4 Å². The Labute approximate surface area is 260 Å². The van der Waals surface area contributed by atoms with Gasteiger partial charge in [0.2, 0.25) is 11.8 Å². The molecule has 2 aromatic rings. The van der Waals surface area contributed by atoms with Gasteiger partial charge in [0, 0.05) is 31.6 Å². The first-order valence-corrected chi connectivity index (χ1v) is 16.2. The van der Waals surface area contributed by atoms with Crippen LogP contribution in [0, 0.1) is 40.2 Å². The molecular weight excluding hydrogens is 556 g/mol. The van der Waals surface area contributed by atoms with E-state index in [0.717, 1.165) is 66.7 Å². The Morgan fingerprint density at radius 3 is 2.25 bits per heavy atom. The molecule has 7 rings (SSSR count). The zero-order chi connectivity index (χ0) is 31.2. The monoisotopic (exact) mass is 602 g/mol. The number of nitrogens with one attached hydrogen (secondary N) is 1. The molecule has 1 saturated heterocycles. The first-order valence-electron chi connectivity index (χ1n) is 16.2. The molecule has 4 saturated carbocycles. The second kappa shape index (κ2) is 11.9. The Bertz CT molecular complexity index is 1390. The van der Waals surface area contributed by atoms with Gasteiger partial charge in [-0.2, -0.15) is 0 Å². The van der Waals surface area contributed by atoms with Crippen LogP contribution in [0.15, 0.2) is 42.5 Å². The number of amides is 2. The Morgan fingerprint density at radius 1 is 1.07 bits per heavy atom. The predicted octanol–water partition coefficient (Wildman–Crippen LogP) is 4.89. The summed E-state index contributed by atoms with van der Waals surface area (Å²) in [5.74, 6) is 1.91. The van der Waals surface area contributed by atoms with Crippen LogP contribution in [-0.2, 0) is 21.6 Å². The van der Waals surface area contributed by atoms with Gasteiger partial charge in [-0.15, -0.1) is 0 Å². The van der Waals surface area contributed by atoms with Crippen molar-refractivity contribution < 1.29 is 19.6 Å². The maximum Gasteiger partial charge on any atom is 0.269 e. The van der Waals surface area contributed by atoms with Crippen LogP contribution in [0.2, 0.25) is 0 Å². The van der Waals surface area contributed by atoms with Crippen molar-refractivity contribution >= 4 is 17.5 Å². The molecule has 2 amide bonds. The van der Waals surface area contributed by atoms with Crippen molar-refractivity contribution in [1.82, 2.24) is 15.1 Å². The third-order valence-electron chi connectivity index (χ3n) is 11.1. The van der Waals surface area contributed by atoms with E-state index in [4.69, 9.17) is 0 Å². The van der Waals surface area contributed by atoms with Crippen LogP contribution in [0.4, 0.5) is 5.69 Å². The maximum atomic E-state index is 14.6. The number of non-ortho nitro benzene ring substituents is 1. The lowest BCUT2D eigenvalue weighted by Gasteiger charge is -2.58. The summed E-state index contributed by atoms with van der Waals surface area (Å²) in [5, 5.41) is 24.6. The van der Waals surface area contributed by atoms with Crippen molar-refractivity contribution in [2.24, 2.45) is 23.2 Å². The van der Waals surface area contributed by atoms with Crippen molar-refractivity contribution in [3.63, 3.8) is 0 Å². The topological polar surface area (TPSA) is 116 Å². The third kappa shape index (κ3) is 5.53. The molecule has 4 bridgehead atoms. The molecule has 4 aliphatic carbocycles. The second-order valence-electron chi connectivity index (χ2n) is 14.6. The summed E-state index contributed by atoms with van der Waals surface area (Å²) >= 11 is 0. The summed E-state index contributed by atoms with van der Waals surface area (Å²) in [7, 11) is 3.99. The number of nitro groups is 1. The van der Waals surface area contributed by atoms with Crippen LogP contribution in [0.25, 0.3) is 0 Å². The Kier molecular flexibility index (Phi) is 8.30. The number of hydrogen-bond acceptors (Lipinski definition) is 6. The number of aryl methyl sites for hydroxylation is 1. The molecule has 2 aromatic carbocycles. The summed E-state index contributed by atoms with van der Waals surface area (Å²) < 4.78 is 0. The van der Waals surface area contributed by atoms with Gasteiger partial charge >= 0.3 is 0 Å². The molecule has 2 N–H and O–H groups in total. The van der Waals surface area contributed by atoms with E-state index in [1.165, 1.54) is 31.4 Å². The molecular formula is C35H46N4O5. The fourth-order valence-electron chi connectivity index (χ4n) is 9.68. The van der Waals surface area contributed by atoms with Crippen LogP contribution in [0.3, 0.4) is 0 Å². The van der Waals surface area contributed by atoms with E-state index in [9.17, 15) is 24.8 Å². The molecule has 2 atom stereocenters. The molecule has 1 aliphatic heterocycles. The third-order valence-corrected chi connectivity index (χ3v) is 11.1. The van der Waals surface area contributed by atoms with Gasteiger partial charge in [-0.05, 0) is 118 Å². The average molecular weight is 603 g/mol. The van der Waals surface area contributed by atoms with E-state index in [1.54, 1.807) is 12.1 Å². The summed E-state index contributed by atoms with van der Waals surface area (Å²) in [6, 6.07) is 11.4. The lowest BCUT2D eigenvalue weighted by Crippen LogP contribution is -2.53. The number of carbonyl (C=O) groups excluding carboxylic acids is 2. The normalized spacial score (nSPS) is 30.8. The second-order valence-corrected chi connectivity index (χ2v) is 14.6. The molecule has 5 fully saturated rings. The number of nitrogens with zero attached hydrogens (tertiary/aromatic N) is 3. The van der Waals surface area contributed by atoms with Crippen molar-refractivity contribution in [3.05, 3.63) is 74.8 Å². The SMILES string of the molecule is Cc1cc(CO)ccc1C1N(CC23CC4CC(CC(C4)C2)C3)C(=O)CC1(C(=O)NCCCN(C)C)c1ccc([N+](=O)[O-])cc1. The van der Waals surface area contributed by atoms with Gasteiger partial charge in [0.15, 0.2) is 0 Å². The Balaban J connectivity index is 1.46. The number of rotatable bonds is 11. The fraction of sp³-hybridized carbons (Fsp3) is 0.600. The fourth-order valence-corrected chi connectivity index (χ4v) is 9.68. The molecule has 0 spiro atoms. The quantitative estimate of drug-likeness (QED) is 0.215. The number of hydrogen-bond donors (Lipinski definition) is 2. The number of benzene rings is 2. The van der Waals surface area contributed by atoms with Crippen LogP contribution in [0.1, 0.15) is 79.7 Å². The van der Waals surface area contributed by atoms with Gasteiger partial charge in [-0.1, -0.05) is 30.3 Å². The molecule has 0 aromatic heterocycles. The van der Waals surface area contributed by atoms with Crippen molar-refractivity contribution in [3.8, 4) is 0 Å². The first-order chi connectivity index (χ1) is 21.0. The highest BCUT2D eigenvalue weighted by Crippen LogP contribution is 2.62. The molecule has 5 aliphatic rings. The van der Waals surface area contributed by atoms with E-state index in [2.05, 4.69) is 10.2 Å². The molecule has 2 unspecified atom stereocenters. The summed E-state index contributed by atoms with van der Waals surface area (Å²) in [4.78, 5) is 44.2. The minimum atomic E-state index is -1.27. The minimum Gasteiger partial charge on any atom is -0.392 e. The Hall–Kier alpha value is -3.30. The van der Waals surface area contributed by atoms with Gasteiger partial charge < -0.3 is 20.2 Å². The van der Waals surface area contributed by atoms with Crippen LogP contribution >= 0.6 is 0 Å². The highest BCUT2D eigenvalue weighted by Gasteiger charge is 2.61. The number of aliphatic hydroxyl groups is 1. The van der Waals surface area contributed by atoms with Gasteiger partial charge in [0.25, 0.3) is 5.69 Å². The van der Waals surface area contributed by atoms with E-state index >= 15 is 0 Å². The van der Waals surface area contributed by atoms with Gasteiger partial charge in [0.1, 0.15) is 5.41 Å². The molecule has 1 heterocycles. The van der Waals surface area contributed by atoms with Crippen molar-refractivity contribution in [1.29, 1.82) is 0 Å². The van der Waals surface area contributed by atoms with Crippen LogP contribution < -0.4 is 5.32 Å². The molecule has 236 valence electrons. The molecule has 44 heavy (non-hydrogen) atoms. The highest BCUT2D eigenvalue weighted by molar-refractivity contribution is 5.98. The minimum absolute atomic E-state index is 0.00253. The zero-order valence-corrected chi connectivity index (χ0v) is 26.3. The average Bonchev–Trinajstić information content (AvgIpc) is 3.26. The van der Waals surface area contributed by atoms with E-state index in [-0.39, 0.29) is 35.9 Å². The standard InChI is InChI=1S/C35H46N4O5/c1-23-13-24(21-40)5-10-30(23)32-35(33(42)36-11-4-12-37(2)3,28-6-8-29(9-7-28)39(43)44)20-31(41)38(32)22-34-17-25-14-26(18-34)16-27(15-25)19-34/h5-10,13,25-27,32,40H,4,11-12,14-22H2,1-3H3,(H,36,42). The number of carbonyl (C=O) groups is 2. The summed E-state index contributed by atoms with van der Waals surface area (Å²) in [5.41, 5.74) is 1.94. The number of aliphatic hydroxyl groups excluding tert-OH is 1.